The molecule has 0 aliphatic carbocycles. The largest absolute Gasteiger partial charge is 0.493 e. The molecule has 0 saturated carbocycles. The van der Waals surface area contributed by atoms with Crippen molar-refractivity contribution in [1.29, 1.82) is 0 Å². The number of ether oxygens (including phenoxy) is 2. The first kappa shape index (κ1) is 26.5. The van der Waals surface area contributed by atoms with Crippen LogP contribution in [0.3, 0.4) is 0 Å². The van der Waals surface area contributed by atoms with Gasteiger partial charge in [-0.3, -0.25) is 4.98 Å². The van der Waals surface area contributed by atoms with E-state index in [1.165, 1.54) is 6.33 Å². The average Bonchev–Trinajstić information content (AvgIpc) is 2.92. The number of carbonyl (C=O) groups is 1. The van der Waals surface area contributed by atoms with Gasteiger partial charge >= 0.3 is 5.97 Å². The van der Waals surface area contributed by atoms with Gasteiger partial charge in [0.1, 0.15) is 12.1 Å². The van der Waals surface area contributed by atoms with Gasteiger partial charge in [-0.2, -0.15) is 0 Å². The van der Waals surface area contributed by atoms with E-state index in [0.29, 0.717) is 17.9 Å². The third kappa shape index (κ3) is 5.54. The maximum Gasteiger partial charge on any atom is 0.337 e. The lowest BCUT2D eigenvalue weighted by molar-refractivity contribution is -0.160. The van der Waals surface area contributed by atoms with E-state index in [1.807, 2.05) is 65.0 Å². The highest BCUT2D eigenvalue weighted by Gasteiger charge is 2.33. The van der Waals surface area contributed by atoms with Crippen LogP contribution in [0.25, 0.3) is 33.5 Å². The number of benzene rings is 2. The molecule has 3 heterocycles. The molecule has 0 bridgehead atoms. The van der Waals surface area contributed by atoms with E-state index in [2.05, 4.69) is 22.1 Å². The molecule has 0 radical (unpaired) electrons. The van der Waals surface area contributed by atoms with Crippen LogP contribution in [0.15, 0.2) is 61.2 Å². The predicted octanol–water partition coefficient (Wildman–Crippen LogP) is 6.76. The van der Waals surface area contributed by atoms with E-state index in [0.717, 1.165) is 63.2 Å². The average molecular weight is 524 g/mol. The fourth-order valence-electron chi connectivity index (χ4n) is 5.18. The molecule has 0 amide bonds. The van der Waals surface area contributed by atoms with Gasteiger partial charge in [0.25, 0.3) is 0 Å². The van der Waals surface area contributed by atoms with Gasteiger partial charge in [0.2, 0.25) is 0 Å². The first-order valence-electron chi connectivity index (χ1n) is 13.2. The third-order valence-corrected chi connectivity index (χ3v) is 6.85. The summed E-state index contributed by atoms with van der Waals surface area (Å²) in [5, 5.41) is 10.3. The number of nitrogens with zero attached hydrogens (tertiary/aromatic N) is 3. The molecule has 0 unspecified atom stereocenters. The van der Waals surface area contributed by atoms with Crippen molar-refractivity contribution in [1.82, 2.24) is 15.0 Å². The van der Waals surface area contributed by atoms with Gasteiger partial charge in [0.15, 0.2) is 6.10 Å². The normalized spacial score (nSPS) is 13.9. The van der Waals surface area contributed by atoms with Gasteiger partial charge < -0.3 is 14.6 Å². The second kappa shape index (κ2) is 10.6. The van der Waals surface area contributed by atoms with Gasteiger partial charge in [-0.25, -0.2) is 14.8 Å². The second-order valence-electron chi connectivity index (χ2n) is 10.9. The first-order chi connectivity index (χ1) is 18.6. The molecule has 7 heteroatoms. The lowest BCUT2D eigenvalue weighted by atomic mass is 9.87. The standard InChI is InChI=1S/C32H33N3O4/c1-19-27(23-11-12-26-22(15-23)10-7-13-38-26)28(30(31(36)37)39-32(3,4)5)20(2)35-29(19)24-9-6-8-21(14-24)25-16-33-18-34-17-25/h6,8-9,11-12,14-18,30H,7,10,13H2,1-5H3,(H,36,37)/t30-/m0/s1. The van der Waals surface area contributed by atoms with Crippen molar-refractivity contribution in [3.63, 3.8) is 0 Å². The maximum absolute atomic E-state index is 12.6. The molecule has 4 aromatic rings. The highest BCUT2D eigenvalue weighted by Crippen LogP contribution is 2.42. The Hall–Kier alpha value is -4.10. The Kier molecular flexibility index (Phi) is 7.19. The fraction of sp³-hybridized carbons (Fsp3) is 0.312. The van der Waals surface area contributed by atoms with E-state index in [4.69, 9.17) is 14.5 Å². The minimum Gasteiger partial charge on any atom is -0.493 e. The molecular formula is C32H33N3O4. The molecule has 1 atom stereocenters. The van der Waals surface area contributed by atoms with Crippen molar-refractivity contribution < 1.29 is 19.4 Å². The number of hydrogen-bond donors (Lipinski definition) is 1. The summed E-state index contributed by atoms with van der Waals surface area (Å²) in [5.74, 6) is -0.163. The molecule has 1 aliphatic rings. The third-order valence-electron chi connectivity index (χ3n) is 6.85. The van der Waals surface area contributed by atoms with E-state index in [9.17, 15) is 9.90 Å². The summed E-state index contributed by atoms with van der Waals surface area (Å²) < 4.78 is 12.0. The van der Waals surface area contributed by atoms with Gasteiger partial charge in [-0.1, -0.05) is 24.3 Å². The number of pyridine rings is 1. The minimum absolute atomic E-state index is 0.572. The summed E-state index contributed by atoms with van der Waals surface area (Å²) in [5.41, 5.74) is 7.88. The molecule has 2 aromatic heterocycles. The van der Waals surface area contributed by atoms with Crippen LogP contribution in [-0.2, 0) is 16.0 Å². The molecule has 0 spiro atoms. The Morgan fingerprint density at radius 2 is 1.74 bits per heavy atom. The molecule has 5 rings (SSSR count). The number of aryl methyl sites for hydroxylation is 2. The lowest BCUT2D eigenvalue weighted by Gasteiger charge is -2.29. The van der Waals surface area contributed by atoms with Crippen LogP contribution >= 0.6 is 0 Å². The van der Waals surface area contributed by atoms with Crippen LogP contribution in [0.1, 0.15) is 55.7 Å². The van der Waals surface area contributed by atoms with Crippen molar-refractivity contribution in [2.75, 3.05) is 6.61 Å². The minimum atomic E-state index is -1.18. The topological polar surface area (TPSA) is 94.4 Å². The summed E-state index contributed by atoms with van der Waals surface area (Å²) in [6.45, 7) is 10.2. The highest BCUT2D eigenvalue weighted by atomic mass is 16.5. The van der Waals surface area contributed by atoms with Crippen molar-refractivity contribution >= 4 is 5.97 Å². The summed E-state index contributed by atoms with van der Waals surface area (Å²) in [6.07, 6.45) is 5.75. The van der Waals surface area contributed by atoms with Crippen molar-refractivity contribution in [2.24, 2.45) is 0 Å². The highest BCUT2D eigenvalue weighted by molar-refractivity contribution is 5.86. The number of hydrogen-bond acceptors (Lipinski definition) is 6. The molecule has 1 N–H and O–H groups in total. The zero-order chi connectivity index (χ0) is 27.7. The zero-order valence-electron chi connectivity index (χ0n) is 23.0. The number of fused-ring (bicyclic) bond motifs is 1. The van der Waals surface area contributed by atoms with E-state index in [1.54, 1.807) is 12.4 Å². The fourth-order valence-corrected chi connectivity index (χ4v) is 5.18. The van der Waals surface area contributed by atoms with Crippen LogP contribution in [0, 0.1) is 13.8 Å². The monoisotopic (exact) mass is 523 g/mol. The van der Waals surface area contributed by atoms with E-state index in [-0.39, 0.29) is 0 Å². The number of carboxylic acids is 1. The Morgan fingerprint density at radius 1 is 1.00 bits per heavy atom. The Bertz CT molecular complexity index is 1530. The summed E-state index contributed by atoms with van der Waals surface area (Å²) in [7, 11) is 0. The summed E-state index contributed by atoms with van der Waals surface area (Å²) >= 11 is 0. The number of aromatic nitrogens is 3. The second-order valence-corrected chi connectivity index (χ2v) is 10.9. The number of aliphatic carboxylic acids is 1. The smallest absolute Gasteiger partial charge is 0.337 e. The van der Waals surface area contributed by atoms with Crippen molar-refractivity contribution in [3.8, 4) is 39.3 Å². The molecule has 0 fully saturated rings. The van der Waals surface area contributed by atoms with Crippen LogP contribution in [0.4, 0.5) is 0 Å². The predicted molar refractivity (Wildman–Crippen MR) is 151 cm³/mol. The van der Waals surface area contributed by atoms with Crippen LogP contribution in [0.5, 0.6) is 5.75 Å². The molecule has 200 valence electrons. The molecule has 2 aromatic carbocycles. The molecular weight excluding hydrogens is 490 g/mol. The zero-order valence-corrected chi connectivity index (χ0v) is 23.0. The van der Waals surface area contributed by atoms with Crippen molar-refractivity contribution in [3.05, 3.63) is 83.6 Å². The molecule has 0 saturated heterocycles. The maximum atomic E-state index is 12.6. The van der Waals surface area contributed by atoms with E-state index < -0.39 is 17.7 Å². The van der Waals surface area contributed by atoms with E-state index >= 15 is 0 Å². The van der Waals surface area contributed by atoms with Gasteiger partial charge in [0.05, 0.1) is 17.9 Å². The van der Waals surface area contributed by atoms with Crippen LogP contribution < -0.4 is 4.74 Å². The SMILES string of the molecule is Cc1nc(-c2cccc(-c3cncnc3)c2)c(C)c(-c2ccc3c(c2)CCCO3)c1[C@H](OC(C)(C)C)C(=O)O. The van der Waals surface area contributed by atoms with Crippen molar-refractivity contribution in [2.45, 2.75) is 59.2 Å². The first-order valence-corrected chi connectivity index (χ1v) is 13.2. The summed E-state index contributed by atoms with van der Waals surface area (Å²) in [4.78, 5) is 25.9. The Labute approximate surface area is 228 Å². The number of carboxylic acid groups (broad SMARTS) is 1. The van der Waals surface area contributed by atoms with Gasteiger partial charge in [-0.15, -0.1) is 0 Å². The van der Waals surface area contributed by atoms with Crippen LogP contribution in [-0.4, -0.2) is 38.2 Å². The van der Waals surface area contributed by atoms with Gasteiger partial charge in [0, 0.05) is 34.8 Å². The Balaban J connectivity index is 1.75. The quantitative estimate of drug-likeness (QED) is 0.298. The number of rotatable bonds is 6. The molecule has 39 heavy (non-hydrogen) atoms. The Morgan fingerprint density at radius 3 is 2.46 bits per heavy atom. The van der Waals surface area contributed by atoms with Crippen LogP contribution in [0.2, 0.25) is 0 Å². The van der Waals surface area contributed by atoms with Gasteiger partial charge in [-0.05, 0) is 93.5 Å². The summed E-state index contributed by atoms with van der Waals surface area (Å²) in [6, 6.07) is 14.2. The lowest BCUT2D eigenvalue weighted by Crippen LogP contribution is -2.28. The molecule has 7 nitrogen and oxygen atoms in total. The molecule has 1 aliphatic heterocycles.